The van der Waals surface area contributed by atoms with Gasteiger partial charge in [-0.05, 0) is 47.2 Å². The number of nitrogens with zero attached hydrogens (tertiary/aromatic N) is 1. The maximum absolute atomic E-state index is 12.9. The average molecular weight is 376 g/mol. The lowest BCUT2D eigenvalue weighted by atomic mass is 10.2. The summed E-state index contributed by atoms with van der Waals surface area (Å²) in [5, 5.41) is 4.04. The van der Waals surface area contributed by atoms with Crippen molar-refractivity contribution in [2.24, 2.45) is 0 Å². The van der Waals surface area contributed by atoms with Crippen LogP contribution in [0.4, 0.5) is 0 Å². The van der Waals surface area contributed by atoms with Crippen molar-refractivity contribution >= 4 is 39.4 Å². The lowest BCUT2D eigenvalue weighted by molar-refractivity contribution is 0.0733. The van der Waals surface area contributed by atoms with Crippen LogP contribution < -0.4 is 0 Å². The number of thiophene rings is 2. The Kier molecular flexibility index (Phi) is 5.60. The smallest absolute Gasteiger partial charge is 0.254 e. The number of amides is 1. The van der Waals surface area contributed by atoms with Gasteiger partial charge in [0.1, 0.15) is 0 Å². The van der Waals surface area contributed by atoms with Crippen molar-refractivity contribution < 1.29 is 9.00 Å². The maximum Gasteiger partial charge on any atom is 0.254 e. The van der Waals surface area contributed by atoms with Gasteiger partial charge < -0.3 is 4.90 Å². The van der Waals surface area contributed by atoms with Gasteiger partial charge in [-0.25, -0.2) is 0 Å². The third-order valence-electron chi connectivity index (χ3n) is 3.57. The van der Waals surface area contributed by atoms with E-state index in [9.17, 15) is 9.00 Å². The van der Waals surface area contributed by atoms with Crippen LogP contribution in [0.2, 0.25) is 0 Å². The van der Waals surface area contributed by atoms with Gasteiger partial charge in [0.05, 0.1) is 13.1 Å². The van der Waals surface area contributed by atoms with Gasteiger partial charge in [-0.1, -0.05) is 12.1 Å². The molecule has 124 valence electrons. The van der Waals surface area contributed by atoms with Crippen molar-refractivity contribution in [2.75, 3.05) is 6.26 Å². The molecule has 0 N–H and O–H groups in total. The fraction of sp³-hybridized carbons (Fsp3) is 0.167. The van der Waals surface area contributed by atoms with Crippen molar-refractivity contribution in [2.45, 2.75) is 18.0 Å². The third kappa shape index (κ3) is 4.20. The highest BCUT2D eigenvalue weighted by atomic mass is 32.2. The molecule has 1 unspecified atom stereocenters. The van der Waals surface area contributed by atoms with Crippen molar-refractivity contribution in [3.63, 3.8) is 0 Å². The summed E-state index contributed by atoms with van der Waals surface area (Å²) in [6.07, 6.45) is 1.64. The van der Waals surface area contributed by atoms with Gasteiger partial charge in [0, 0.05) is 37.3 Å². The van der Waals surface area contributed by atoms with Gasteiger partial charge >= 0.3 is 0 Å². The molecule has 0 saturated heterocycles. The predicted octanol–water partition coefficient (Wildman–Crippen LogP) is 4.39. The zero-order valence-electron chi connectivity index (χ0n) is 13.2. The van der Waals surface area contributed by atoms with E-state index in [1.54, 1.807) is 53.2 Å². The summed E-state index contributed by atoms with van der Waals surface area (Å²) in [5.74, 6) is -0.00904. The minimum absolute atomic E-state index is 0.00904. The molecule has 0 radical (unpaired) electrons. The zero-order chi connectivity index (χ0) is 16.9. The number of carbonyl (C=O) groups is 1. The third-order valence-corrected chi connectivity index (χ3v) is 6.23. The fourth-order valence-corrected chi connectivity index (χ4v) is 4.31. The summed E-state index contributed by atoms with van der Waals surface area (Å²) in [4.78, 5) is 17.8. The second-order valence-corrected chi connectivity index (χ2v) is 8.74. The Labute approximate surface area is 152 Å². The Morgan fingerprint density at radius 2 is 1.50 bits per heavy atom. The van der Waals surface area contributed by atoms with Crippen LogP contribution >= 0.6 is 22.7 Å². The highest BCUT2D eigenvalue weighted by Gasteiger charge is 2.18. The van der Waals surface area contributed by atoms with Crippen LogP contribution in [0.5, 0.6) is 0 Å². The standard InChI is InChI=1S/C18H17NO2S3/c1-24(21)17-8-6-14(7-9-17)18(20)19(12-15-4-2-10-22-15)13-16-5-3-11-23-16/h2-11H,12-13H2,1H3. The van der Waals surface area contributed by atoms with E-state index in [0.717, 1.165) is 14.6 Å². The van der Waals surface area contributed by atoms with Crippen molar-refractivity contribution in [1.82, 2.24) is 4.90 Å². The first-order valence-electron chi connectivity index (χ1n) is 7.41. The number of hydrogen-bond acceptors (Lipinski definition) is 4. The monoisotopic (exact) mass is 375 g/mol. The van der Waals surface area contributed by atoms with Crippen LogP contribution in [0.15, 0.2) is 64.2 Å². The van der Waals surface area contributed by atoms with Crippen molar-refractivity contribution in [3.8, 4) is 0 Å². The Morgan fingerprint density at radius 3 is 1.92 bits per heavy atom. The van der Waals surface area contributed by atoms with E-state index in [-0.39, 0.29) is 5.91 Å². The minimum atomic E-state index is -1.03. The van der Waals surface area contributed by atoms with E-state index >= 15 is 0 Å². The Balaban J connectivity index is 1.82. The van der Waals surface area contributed by atoms with E-state index in [4.69, 9.17) is 0 Å². The van der Waals surface area contributed by atoms with E-state index in [2.05, 4.69) is 0 Å². The molecule has 6 heteroatoms. The largest absolute Gasteiger partial charge is 0.328 e. The number of carbonyl (C=O) groups excluding carboxylic acids is 1. The lowest BCUT2D eigenvalue weighted by Gasteiger charge is -2.22. The molecule has 0 saturated carbocycles. The molecule has 0 aliphatic carbocycles. The number of benzene rings is 1. The van der Waals surface area contributed by atoms with Crippen LogP contribution in [0.1, 0.15) is 20.1 Å². The SMILES string of the molecule is CS(=O)c1ccc(C(=O)N(Cc2cccs2)Cc2cccs2)cc1. The normalized spacial score (nSPS) is 12.0. The summed E-state index contributed by atoms with van der Waals surface area (Å²) < 4.78 is 11.5. The van der Waals surface area contributed by atoms with Crippen LogP contribution in [0, 0.1) is 0 Å². The Bertz CT molecular complexity index is 772. The summed E-state index contributed by atoms with van der Waals surface area (Å²) in [5.41, 5.74) is 0.623. The molecule has 1 amide bonds. The topological polar surface area (TPSA) is 37.4 Å². The lowest BCUT2D eigenvalue weighted by Crippen LogP contribution is -2.29. The van der Waals surface area contributed by atoms with E-state index in [0.29, 0.717) is 18.7 Å². The van der Waals surface area contributed by atoms with E-state index in [1.807, 2.05) is 39.9 Å². The molecule has 0 bridgehead atoms. The molecule has 2 heterocycles. The zero-order valence-corrected chi connectivity index (χ0v) is 15.6. The van der Waals surface area contributed by atoms with Gasteiger partial charge in [0.25, 0.3) is 5.91 Å². The Morgan fingerprint density at radius 1 is 0.958 bits per heavy atom. The van der Waals surface area contributed by atoms with Gasteiger partial charge in [-0.3, -0.25) is 9.00 Å². The average Bonchev–Trinajstić information content (AvgIpc) is 3.27. The van der Waals surface area contributed by atoms with Crippen LogP contribution in [-0.2, 0) is 23.9 Å². The Hall–Kier alpha value is -1.76. The molecule has 24 heavy (non-hydrogen) atoms. The first-order valence-corrected chi connectivity index (χ1v) is 10.7. The molecule has 3 nitrogen and oxygen atoms in total. The highest BCUT2D eigenvalue weighted by molar-refractivity contribution is 7.84. The molecular weight excluding hydrogens is 358 g/mol. The fourth-order valence-electron chi connectivity index (χ4n) is 2.35. The molecule has 3 rings (SSSR count). The van der Waals surface area contributed by atoms with E-state index in [1.165, 1.54) is 0 Å². The molecule has 2 aromatic heterocycles. The molecule has 0 spiro atoms. The van der Waals surface area contributed by atoms with Crippen LogP contribution in [0.25, 0.3) is 0 Å². The maximum atomic E-state index is 12.9. The molecule has 0 fully saturated rings. The first kappa shape index (κ1) is 17.1. The van der Waals surface area contributed by atoms with Gasteiger partial charge in [-0.15, -0.1) is 22.7 Å². The molecule has 1 atom stereocenters. The number of hydrogen-bond donors (Lipinski definition) is 0. The molecule has 0 aliphatic heterocycles. The van der Waals surface area contributed by atoms with E-state index < -0.39 is 10.8 Å². The second kappa shape index (κ2) is 7.88. The highest BCUT2D eigenvalue weighted by Crippen LogP contribution is 2.20. The molecule has 1 aromatic carbocycles. The summed E-state index contributed by atoms with van der Waals surface area (Å²) in [6.45, 7) is 1.19. The van der Waals surface area contributed by atoms with Crippen LogP contribution in [0.3, 0.4) is 0 Å². The predicted molar refractivity (Wildman–Crippen MR) is 101 cm³/mol. The van der Waals surface area contributed by atoms with Gasteiger partial charge in [0.2, 0.25) is 0 Å². The summed E-state index contributed by atoms with van der Waals surface area (Å²) in [6, 6.07) is 15.1. The van der Waals surface area contributed by atoms with Gasteiger partial charge in [-0.2, -0.15) is 0 Å². The second-order valence-electron chi connectivity index (χ2n) is 5.30. The van der Waals surface area contributed by atoms with Crippen LogP contribution in [-0.4, -0.2) is 21.3 Å². The summed E-state index contributed by atoms with van der Waals surface area (Å²) >= 11 is 3.30. The minimum Gasteiger partial charge on any atom is -0.328 e. The molecule has 3 aromatic rings. The molecule has 0 aliphatic rings. The quantitative estimate of drug-likeness (QED) is 0.641. The first-order chi connectivity index (χ1) is 11.6. The van der Waals surface area contributed by atoms with Crippen molar-refractivity contribution in [1.29, 1.82) is 0 Å². The number of rotatable bonds is 6. The summed E-state index contributed by atoms with van der Waals surface area (Å²) in [7, 11) is -1.03. The van der Waals surface area contributed by atoms with Gasteiger partial charge in [0.15, 0.2) is 0 Å². The molecular formula is C18H17NO2S3. The van der Waals surface area contributed by atoms with Crippen molar-refractivity contribution in [3.05, 3.63) is 74.6 Å².